The Hall–Kier alpha value is -6.85. The number of hydrogen-bond acceptors (Lipinski definition) is 14. The summed E-state index contributed by atoms with van der Waals surface area (Å²) in [6, 6.07) is 26.7. The lowest BCUT2D eigenvalue weighted by Gasteiger charge is -2.37. The van der Waals surface area contributed by atoms with Crippen molar-refractivity contribution in [3.05, 3.63) is 120 Å². The highest BCUT2D eigenvalue weighted by Gasteiger charge is 2.40. The maximum atomic E-state index is 16.2. The molecule has 6 aromatic rings. The van der Waals surface area contributed by atoms with E-state index in [1.165, 1.54) is 47.6 Å². The van der Waals surface area contributed by atoms with E-state index in [9.17, 15) is 28.2 Å². The molecule has 0 saturated carbocycles. The summed E-state index contributed by atoms with van der Waals surface area (Å²) in [5, 5.41) is 36.5. The lowest BCUT2D eigenvalue weighted by Crippen LogP contribution is -2.57. The number of anilines is 2. The molecular formula is C50H62N8O11S2Si. The Labute approximate surface area is 421 Å². The van der Waals surface area contributed by atoms with Crippen molar-refractivity contribution < 1.29 is 50.8 Å². The lowest BCUT2D eigenvalue weighted by molar-refractivity contribution is -0.124. The average Bonchev–Trinajstić information content (AvgIpc) is 3.80. The number of aromatic nitrogens is 4. The molecule has 0 fully saturated rings. The Kier molecular flexibility index (Phi) is 16.9. The fourth-order valence-electron chi connectivity index (χ4n) is 7.88. The Balaban J connectivity index is 1.66. The monoisotopic (exact) mass is 1040 g/mol. The van der Waals surface area contributed by atoms with E-state index in [4.69, 9.17) is 25.0 Å². The first-order valence-corrected chi connectivity index (χ1v) is 29.6. The number of carbonyl (C=O) groups is 2. The van der Waals surface area contributed by atoms with Gasteiger partial charge in [-0.25, -0.2) is 21.6 Å². The number of aliphatic hydroxyl groups is 1. The number of nitrogen functional groups attached to an aromatic ring is 1. The molecule has 1 aromatic heterocycles. The predicted molar refractivity (Wildman–Crippen MR) is 277 cm³/mol. The highest BCUT2D eigenvalue weighted by Crippen LogP contribution is 2.44. The van der Waals surface area contributed by atoms with Crippen LogP contribution >= 0.6 is 0 Å². The van der Waals surface area contributed by atoms with Crippen LogP contribution < -0.4 is 25.3 Å². The van der Waals surface area contributed by atoms with Gasteiger partial charge in [0.15, 0.2) is 9.84 Å². The number of hydrogen-bond donors (Lipinski definition) is 4. The highest BCUT2D eigenvalue weighted by atomic mass is 32.2. The van der Waals surface area contributed by atoms with Crippen LogP contribution in [0.15, 0.2) is 113 Å². The third kappa shape index (κ3) is 12.8. The van der Waals surface area contributed by atoms with Crippen LogP contribution in [-0.4, -0.2) is 122 Å². The number of nitrogens with two attached hydrogens (primary N) is 1. The van der Waals surface area contributed by atoms with E-state index in [-0.39, 0.29) is 59.3 Å². The topological polar surface area (TPSA) is 259 Å². The molecule has 1 atom stereocenters. The summed E-state index contributed by atoms with van der Waals surface area (Å²) >= 11 is 0. The predicted octanol–water partition coefficient (Wildman–Crippen LogP) is 7.24. The number of sulfone groups is 1. The molecule has 5 aromatic carbocycles. The van der Waals surface area contributed by atoms with Gasteiger partial charge in [0, 0.05) is 32.3 Å². The zero-order valence-electron chi connectivity index (χ0n) is 41.8. The largest absolute Gasteiger partial charge is 0.497 e. The number of aliphatic hydroxyl groups excluding tert-OH is 1. The number of carboxylic acid groups (broad SMARTS) is 1. The van der Waals surface area contributed by atoms with Crippen LogP contribution in [0.25, 0.3) is 22.5 Å². The van der Waals surface area contributed by atoms with Gasteiger partial charge in [0.1, 0.15) is 28.2 Å². The first-order valence-electron chi connectivity index (χ1n) is 22.8. The minimum Gasteiger partial charge on any atom is -0.497 e. The summed E-state index contributed by atoms with van der Waals surface area (Å²) < 4.78 is 79.5. The molecule has 6 rings (SSSR count). The number of nitrogens with zero attached hydrogens (tertiary/aromatic N) is 6. The number of amides is 2. The van der Waals surface area contributed by atoms with Gasteiger partial charge in [-0.1, -0.05) is 74.2 Å². The summed E-state index contributed by atoms with van der Waals surface area (Å²) in [5.74, 6) is 0.161. The van der Waals surface area contributed by atoms with Crippen LogP contribution in [0.5, 0.6) is 17.2 Å². The fraction of sp³-hybridized carbons (Fsp3) is 0.340. The molecule has 0 saturated heterocycles. The number of para-hydroxylation sites is 1. The van der Waals surface area contributed by atoms with Gasteiger partial charge in [-0.05, 0) is 103 Å². The molecule has 0 aliphatic carbocycles. The van der Waals surface area contributed by atoms with Crippen LogP contribution in [0.3, 0.4) is 0 Å². The standard InChI is InChI=1S/C50H62N8O11S2Si/c1-50(2,3)58(49(61)62)42(32-59)48(60)52-41-12-10-11-40(45(41)51)39-25-26-43(70(63,64)27-28-72(7,8)9)46(44(39)47-53-55-57(54-47)31-35-17-23-38(69-6)24-18-35)71(65,66)56(29-33-13-19-36(67-4)20-14-33)30-34-15-21-37(68-5)22-16-34/h10-26,42,59H,27-32,51H2,1-9H3,(H,52,60)(H,61,62). The molecule has 1 unspecified atom stereocenters. The summed E-state index contributed by atoms with van der Waals surface area (Å²) in [6.45, 7) is 9.52. The van der Waals surface area contributed by atoms with Gasteiger partial charge in [0.25, 0.3) is 0 Å². The first-order chi connectivity index (χ1) is 33.9. The van der Waals surface area contributed by atoms with Gasteiger partial charge in [0.2, 0.25) is 21.8 Å². The summed E-state index contributed by atoms with van der Waals surface area (Å²) in [6.07, 6.45) is -1.45. The van der Waals surface area contributed by atoms with Gasteiger partial charge in [0.05, 0.1) is 62.1 Å². The van der Waals surface area contributed by atoms with E-state index >= 15 is 8.42 Å². The van der Waals surface area contributed by atoms with Crippen LogP contribution in [0, 0.1) is 0 Å². The fourth-order valence-corrected chi connectivity index (χ4v) is 14.7. The quantitative estimate of drug-likeness (QED) is 0.0409. The van der Waals surface area contributed by atoms with Gasteiger partial charge < -0.3 is 35.5 Å². The molecule has 0 aliphatic rings. The number of tetrazole rings is 1. The van der Waals surface area contributed by atoms with Crippen LogP contribution in [0.1, 0.15) is 37.5 Å². The zero-order chi connectivity index (χ0) is 52.8. The van der Waals surface area contributed by atoms with Crippen molar-refractivity contribution in [3.8, 4) is 39.8 Å². The highest BCUT2D eigenvalue weighted by molar-refractivity contribution is 7.93. The van der Waals surface area contributed by atoms with E-state index in [0.29, 0.717) is 34.4 Å². The summed E-state index contributed by atoms with van der Waals surface area (Å²) in [4.78, 5) is 27.2. The number of nitrogens with one attached hydrogen (secondary N) is 1. The average molecular weight is 1040 g/mol. The molecule has 5 N–H and O–H groups in total. The van der Waals surface area contributed by atoms with Crippen LogP contribution in [0.4, 0.5) is 16.2 Å². The molecular weight excluding hydrogens is 981 g/mol. The number of methoxy groups -OCH3 is 3. The van der Waals surface area contributed by atoms with E-state index in [0.717, 1.165) is 10.5 Å². The van der Waals surface area contributed by atoms with Gasteiger partial charge in [-0.2, -0.15) is 9.10 Å². The van der Waals surface area contributed by atoms with Crippen molar-refractivity contribution >= 4 is 51.3 Å². The van der Waals surface area contributed by atoms with Crippen molar-refractivity contribution in [1.82, 2.24) is 29.4 Å². The van der Waals surface area contributed by atoms with E-state index < -0.39 is 67.9 Å². The van der Waals surface area contributed by atoms with Gasteiger partial charge >= 0.3 is 6.09 Å². The van der Waals surface area contributed by atoms with Crippen LogP contribution in [0.2, 0.25) is 25.7 Å². The maximum absolute atomic E-state index is 16.2. The van der Waals surface area contributed by atoms with Gasteiger partial charge in [-0.3, -0.25) is 9.69 Å². The second-order valence-electron chi connectivity index (χ2n) is 19.2. The maximum Gasteiger partial charge on any atom is 0.408 e. The van der Waals surface area contributed by atoms with Crippen molar-refractivity contribution in [2.75, 3.05) is 44.7 Å². The number of ether oxygens (including phenoxy) is 3. The Morgan fingerprint density at radius 2 is 1.31 bits per heavy atom. The Morgan fingerprint density at radius 3 is 1.78 bits per heavy atom. The summed E-state index contributed by atoms with van der Waals surface area (Å²) in [7, 11) is -6.89. The number of sulfonamides is 1. The minimum absolute atomic E-state index is 0.0193. The Bertz CT molecular complexity index is 3060. The van der Waals surface area contributed by atoms with E-state index in [1.54, 1.807) is 107 Å². The second kappa shape index (κ2) is 22.3. The molecule has 384 valence electrons. The van der Waals surface area contributed by atoms with Crippen molar-refractivity contribution in [1.29, 1.82) is 0 Å². The van der Waals surface area contributed by atoms with E-state index in [1.807, 2.05) is 19.6 Å². The molecule has 1 heterocycles. The smallest absolute Gasteiger partial charge is 0.408 e. The second-order valence-corrected chi connectivity index (χ2v) is 28.8. The van der Waals surface area contributed by atoms with E-state index in [2.05, 4.69) is 15.6 Å². The third-order valence-electron chi connectivity index (χ3n) is 11.7. The molecule has 0 aliphatic heterocycles. The zero-order valence-corrected chi connectivity index (χ0v) is 44.4. The lowest BCUT2D eigenvalue weighted by atomic mass is 9.96. The number of carbonyl (C=O) groups excluding carboxylic acids is 1. The molecule has 0 bridgehead atoms. The molecule has 0 spiro atoms. The number of benzene rings is 5. The van der Waals surface area contributed by atoms with Crippen LogP contribution in [-0.2, 0) is 44.3 Å². The summed E-state index contributed by atoms with van der Waals surface area (Å²) in [5.41, 5.74) is 7.47. The molecule has 2 amide bonds. The normalized spacial score (nSPS) is 12.6. The minimum atomic E-state index is -4.98. The molecule has 72 heavy (non-hydrogen) atoms. The van der Waals surface area contributed by atoms with Gasteiger partial charge in [-0.15, -0.1) is 10.2 Å². The Morgan fingerprint density at radius 1 is 0.778 bits per heavy atom. The van der Waals surface area contributed by atoms with Crippen molar-refractivity contribution in [2.45, 2.75) is 87.5 Å². The molecule has 22 heteroatoms. The first kappa shape index (κ1) is 54.5. The molecule has 0 radical (unpaired) electrons. The molecule has 19 nitrogen and oxygen atoms in total. The van der Waals surface area contributed by atoms with Crippen molar-refractivity contribution in [3.63, 3.8) is 0 Å². The third-order valence-corrected chi connectivity index (χ3v) is 17.6. The number of rotatable bonds is 21. The van der Waals surface area contributed by atoms with Crippen molar-refractivity contribution in [2.24, 2.45) is 0 Å². The SMILES string of the molecule is COc1ccc(CN(Cc2ccc(OC)cc2)S(=O)(=O)c2c(S(=O)(=O)CC[Si](C)(C)C)ccc(-c3cccc(NC(=O)C(CO)N(C(=O)O)C(C)(C)C)c3N)c2-c2nnn(Cc3ccc(OC)cc3)n2)cc1.